The molecule has 2 aromatic rings. The van der Waals surface area contributed by atoms with E-state index in [0.717, 1.165) is 28.9 Å². The third-order valence-electron chi connectivity index (χ3n) is 5.22. The number of aromatic nitrogens is 2. The van der Waals surface area contributed by atoms with Gasteiger partial charge in [-0.1, -0.05) is 18.2 Å². The van der Waals surface area contributed by atoms with E-state index in [2.05, 4.69) is 58.6 Å². The lowest BCUT2D eigenvalue weighted by Crippen LogP contribution is -2.41. The molecule has 5 nitrogen and oxygen atoms in total. The van der Waals surface area contributed by atoms with Crippen LogP contribution in [0, 0.1) is 0 Å². The lowest BCUT2D eigenvalue weighted by atomic mass is 9.82. The summed E-state index contributed by atoms with van der Waals surface area (Å²) in [7, 11) is -1.02. The van der Waals surface area contributed by atoms with Crippen molar-refractivity contribution in [3.63, 3.8) is 0 Å². The Morgan fingerprint density at radius 3 is 2.31 bits per heavy atom. The summed E-state index contributed by atoms with van der Waals surface area (Å²) < 4.78 is 20.2. The molecule has 1 aromatic heterocycles. The molecule has 2 heterocycles. The van der Waals surface area contributed by atoms with E-state index >= 15 is 0 Å². The van der Waals surface area contributed by atoms with E-state index in [9.17, 15) is 0 Å². The third kappa shape index (κ3) is 3.96. The molecule has 0 radical (unpaired) electrons. The Kier molecular flexibility index (Phi) is 5.21. The van der Waals surface area contributed by atoms with Crippen LogP contribution in [0.1, 0.15) is 27.7 Å². The first-order valence-corrected chi connectivity index (χ1v) is 12.1. The average Bonchev–Trinajstić information content (AvgIpc) is 2.98. The number of hydrogen-bond donors (Lipinski definition) is 0. The molecular formula is C19H31BN2O3S. The van der Waals surface area contributed by atoms with Gasteiger partial charge in [0.2, 0.25) is 0 Å². The van der Waals surface area contributed by atoms with Crippen molar-refractivity contribution < 1.29 is 14.0 Å². The summed E-state index contributed by atoms with van der Waals surface area (Å²) in [5, 5.41) is 5.84. The van der Waals surface area contributed by atoms with Gasteiger partial charge < -0.3 is 14.0 Å². The number of nitrogens with zero attached hydrogens (tertiary/aromatic N) is 2. The molecule has 1 aromatic carbocycles. The third-order valence-corrected chi connectivity index (χ3v) is 6.61. The van der Waals surface area contributed by atoms with Gasteiger partial charge in [0.1, 0.15) is 12.3 Å². The van der Waals surface area contributed by atoms with Gasteiger partial charge in [-0.2, -0.15) is 5.10 Å². The monoisotopic (exact) mass is 378 g/mol. The SMILES string of the molecule is CC1(C)OB(c2nn(COCCS(C)(C)C)c3ccccc23)OC1(C)C. The summed E-state index contributed by atoms with van der Waals surface area (Å²) in [6.45, 7) is 9.43. The molecule has 7 heteroatoms. The van der Waals surface area contributed by atoms with Crippen molar-refractivity contribution >= 4 is 33.6 Å². The first-order chi connectivity index (χ1) is 12.0. The Morgan fingerprint density at radius 1 is 1.08 bits per heavy atom. The molecule has 0 N–H and O–H groups in total. The highest BCUT2D eigenvalue weighted by Crippen LogP contribution is 2.37. The Balaban J connectivity index is 1.82. The van der Waals surface area contributed by atoms with Crippen molar-refractivity contribution in [2.75, 3.05) is 31.1 Å². The van der Waals surface area contributed by atoms with Gasteiger partial charge in [0.25, 0.3) is 0 Å². The summed E-state index contributed by atoms with van der Waals surface area (Å²) in [5.41, 5.74) is 1.10. The first-order valence-electron chi connectivity index (χ1n) is 9.05. The zero-order valence-electron chi connectivity index (χ0n) is 17.0. The van der Waals surface area contributed by atoms with Crippen molar-refractivity contribution in [3.05, 3.63) is 24.3 Å². The molecule has 1 fully saturated rings. The average molecular weight is 378 g/mol. The Labute approximate surface area is 158 Å². The quantitative estimate of drug-likeness (QED) is 0.573. The van der Waals surface area contributed by atoms with Crippen molar-refractivity contribution in [2.45, 2.75) is 45.6 Å². The van der Waals surface area contributed by atoms with Gasteiger partial charge in [-0.25, -0.2) is 14.7 Å². The molecular weight excluding hydrogens is 347 g/mol. The summed E-state index contributed by atoms with van der Waals surface area (Å²) in [4.78, 5) is 0. The van der Waals surface area contributed by atoms with E-state index in [1.807, 2.05) is 16.8 Å². The van der Waals surface area contributed by atoms with Crippen LogP contribution in [0.4, 0.5) is 0 Å². The Hall–Kier alpha value is -1.02. The van der Waals surface area contributed by atoms with Crippen LogP contribution in [-0.4, -0.2) is 59.2 Å². The maximum atomic E-state index is 6.21. The first kappa shape index (κ1) is 19.7. The van der Waals surface area contributed by atoms with Crippen LogP contribution in [-0.2, 0) is 20.8 Å². The topological polar surface area (TPSA) is 45.5 Å². The van der Waals surface area contributed by atoms with E-state index in [-0.39, 0.29) is 11.2 Å². The smallest absolute Gasteiger partial charge is 0.398 e. The van der Waals surface area contributed by atoms with E-state index in [4.69, 9.17) is 19.1 Å². The Morgan fingerprint density at radius 2 is 1.69 bits per heavy atom. The van der Waals surface area contributed by atoms with Crippen LogP contribution >= 0.6 is 10.0 Å². The van der Waals surface area contributed by atoms with Crippen LogP contribution in [0.15, 0.2) is 24.3 Å². The highest BCUT2D eigenvalue weighted by Gasteiger charge is 2.53. The maximum Gasteiger partial charge on any atom is 0.517 e. The van der Waals surface area contributed by atoms with Gasteiger partial charge >= 0.3 is 7.12 Å². The van der Waals surface area contributed by atoms with Crippen LogP contribution < -0.4 is 5.59 Å². The number of fused-ring (bicyclic) bond motifs is 1. The van der Waals surface area contributed by atoms with E-state index in [1.54, 1.807) is 0 Å². The number of ether oxygens (including phenoxy) is 1. The van der Waals surface area contributed by atoms with Gasteiger partial charge in [-0.05, 0) is 52.5 Å². The molecule has 3 rings (SSSR count). The molecule has 0 spiro atoms. The van der Waals surface area contributed by atoms with Gasteiger partial charge in [-0.15, -0.1) is 0 Å². The Bertz CT molecular complexity index is 767. The van der Waals surface area contributed by atoms with Crippen molar-refractivity contribution in [2.24, 2.45) is 0 Å². The molecule has 144 valence electrons. The molecule has 0 atom stereocenters. The standard InChI is InChI=1S/C19H31BN2O3S/c1-18(2)19(3,4)25-20(24-18)17-15-10-8-9-11-16(15)22(21-17)14-23-12-13-26(5,6)7/h8-11H,12-14H2,1-7H3. The molecule has 1 saturated heterocycles. The molecule has 0 bridgehead atoms. The number of benzene rings is 1. The molecule has 1 aliphatic heterocycles. The second kappa shape index (κ2) is 6.86. The van der Waals surface area contributed by atoms with Crippen molar-refractivity contribution in [3.8, 4) is 0 Å². The van der Waals surface area contributed by atoms with Gasteiger partial charge in [0.15, 0.2) is 0 Å². The minimum atomic E-state index is -0.550. The fraction of sp³-hybridized carbons (Fsp3) is 0.632. The predicted molar refractivity (Wildman–Crippen MR) is 112 cm³/mol. The molecule has 0 saturated carbocycles. The van der Waals surface area contributed by atoms with Crippen LogP contribution in [0.5, 0.6) is 0 Å². The minimum absolute atomic E-state index is 0.380. The zero-order valence-corrected chi connectivity index (χ0v) is 17.9. The van der Waals surface area contributed by atoms with Gasteiger partial charge in [0, 0.05) is 11.1 Å². The summed E-state index contributed by atoms with van der Waals surface area (Å²) >= 11 is 0. The summed E-state index contributed by atoms with van der Waals surface area (Å²) in [5.74, 6) is 1.09. The van der Waals surface area contributed by atoms with Crippen molar-refractivity contribution in [1.82, 2.24) is 9.78 Å². The largest absolute Gasteiger partial charge is 0.517 e. The maximum absolute atomic E-state index is 6.21. The van der Waals surface area contributed by atoms with Crippen LogP contribution in [0.25, 0.3) is 10.9 Å². The normalized spacial score (nSPS) is 20.0. The fourth-order valence-electron chi connectivity index (χ4n) is 2.84. The lowest BCUT2D eigenvalue weighted by Gasteiger charge is -2.32. The highest BCUT2D eigenvalue weighted by molar-refractivity contribution is 8.32. The van der Waals surface area contributed by atoms with Crippen LogP contribution in [0.2, 0.25) is 0 Å². The van der Waals surface area contributed by atoms with Crippen molar-refractivity contribution in [1.29, 1.82) is 0 Å². The number of para-hydroxylation sites is 1. The second-order valence-electron chi connectivity index (χ2n) is 8.82. The summed E-state index contributed by atoms with van der Waals surface area (Å²) in [6.07, 6.45) is 6.90. The van der Waals surface area contributed by atoms with Gasteiger partial charge in [-0.3, -0.25) is 0 Å². The second-order valence-corrected chi connectivity index (χ2v) is 13.4. The lowest BCUT2D eigenvalue weighted by molar-refractivity contribution is 0.00578. The molecule has 0 aliphatic carbocycles. The summed E-state index contributed by atoms with van der Waals surface area (Å²) in [6, 6.07) is 8.18. The highest BCUT2D eigenvalue weighted by atomic mass is 32.3. The zero-order chi connectivity index (χ0) is 19.2. The number of rotatable bonds is 6. The predicted octanol–water partition coefficient (Wildman–Crippen LogP) is 3.00. The van der Waals surface area contributed by atoms with E-state index in [1.165, 1.54) is 0 Å². The molecule has 0 unspecified atom stereocenters. The van der Waals surface area contributed by atoms with Crippen LogP contribution in [0.3, 0.4) is 0 Å². The molecule has 0 amide bonds. The molecule has 26 heavy (non-hydrogen) atoms. The fourth-order valence-corrected chi connectivity index (χ4v) is 3.46. The molecule has 1 aliphatic rings. The number of hydrogen-bond acceptors (Lipinski definition) is 4. The van der Waals surface area contributed by atoms with E-state index < -0.39 is 17.1 Å². The minimum Gasteiger partial charge on any atom is -0.398 e. The van der Waals surface area contributed by atoms with Gasteiger partial charge in [0.05, 0.1) is 23.3 Å². The van der Waals surface area contributed by atoms with E-state index in [0.29, 0.717) is 6.73 Å².